The molecule has 116 valence electrons. The van der Waals surface area contributed by atoms with Crippen molar-refractivity contribution in [1.82, 2.24) is 10.2 Å². The second kappa shape index (κ2) is 6.62. The maximum atomic E-state index is 10.2. The van der Waals surface area contributed by atoms with Crippen LogP contribution in [0.2, 0.25) is 0 Å². The molecule has 0 bridgehead atoms. The summed E-state index contributed by atoms with van der Waals surface area (Å²) >= 11 is 0. The number of fused-ring (bicyclic) bond motifs is 1. The first kappa shape index (κ1) is 14.6. The van der Waals surface area contributed by atoms with E-state index < -0.39 is 6.10 Å². The van der Waals surface area contributed by atoms with Crippen LogP contribution in [-0.2, 0) is 4.74 Å². The minimum Gasteiger partial charge on any atom is -0.454 e. The summed E-state index contributed by atoms with van der Waals surface area (Å²) in [5.41, 5.74) is 0.827. The van der Waals surface area contributed by atoms with Gasteiger partial charge in [-0.2, -0.15) is 0 Å². The molecule has 2 heterocycles. The molecule has 6 heteroatoms. The van der Waals surface area contributed by atoms with Gasteiger partial charge in [0, 0.05) is 26.2 Å². The number of likely N-dealkylation sites (N-methyl/N-ethyl adjacent to an activating group) is 1. The molecule has 0 spiro atoms. The Hall–Kier alpha value is -1.34. The quantitative estimate of drug-likeness (QED) is 0.818. The summed E-state index contributed by atoms with van der Waals surface area (Å²) in [6.45, 7) is 4.16. The number of morpholine rings is 1. The van der Waals surface area contributed by atoms with Gasteiger partial charge in [-0.15, -0.1) is 0 Å². The Morgan fingerprint density at radius 3 is 3.10 bits per heavy atom. The van der Waals surface area contributed by atoms with Crippen LogP contribution in [0.3, 0.4) is 0 Å². The fraction of sp³-hybridized carbons (Fsp3) is 0.600. The maximum absolute atomic E-state index is 10.2. The second-order valence-electron chi connectivity index (χ2n) is 5.54. The molecular formula is C15H22N2O4. The zero-order valence-electron chi connectivity index (χ0n) is 12.2. The molecule has 3 rings (SSSR count). The predicted molar refractivity (Wildman–Crippen MR) is 77.6 cm³/mol. The third-order valence-electron chi connectivity index (χ3n) is 3.83. The first-order chi connectivity index (χ1) is 10.2. The highest BCUT2D eigenvalue weighted by atomic mass is 16.7. The van der Waals surface area contributed by atoms with Gasteiger partial charge >= 0.3 is 0 Å². The minimum atomic E-state index is -0.569. The Morgan fingerprint density at radius 2 is 2.24 bits per heavy atom. The van der Waals surface area contributed by atoms with Crippen LogP contribution in [0.15, 0.2) is 18.2 Å². The van der Waals surface area contributed by atoms with Gasteiger partial charge in [0.15, 0.2) is 11.5 Å². The summed E-state index contributed by atoms with van der Waals surface area (Å²) in [5.74, 6) is 1.43. The number of benzene rings is 1. The summed E-state index contributed by atoms with van der Waals surface area (Å²) in [6, 6.07) is 5.53. The lowest BCUT2D eigenvalue weighted by Crippen LogP contribution is -2.45. The first-order valence-electron chi connectivity index (χ1n) is 7.31. The van der Waals surface area contributed by atoms with Crippen molar-refractivity contribution in [2.75, 3.05) is 46.6 Å². The Morgan fingerprint density at radius 1 is 1.38 bits per heavy atom. The van der Waals surface area contributed by atoms with E-state index in [0.717, 1.165) is 37.6 Å². The number of aliphatic hydroxyl groups is 1. The molecule has 21 heavy (non-hydrogen) atoms. The van der Waals surface area contributed by atoms with Crippen molar-refractivity contribution in [2.45, 2.75) is 12.2 Å². The second-order valence-corrected chi connectivity index (χ2v) is 5.54. The Balaban J connectivity index is 1.46. The molecular weight excluding hydrogens is 272 g/mol. The topological polar surface area (TPSA) is 63.2 Å². The summed E-state index contributed by atoms with van der Waals surface area (Å²) in [7, 11) is 2.09. The van der Waals surface area contributed by atoms with Crippen LogP contribution in [0.1, 0.15) is 11.7 Å². The maximum Gasteiger partial charge on any atom is 0.231 e. The summed E-state index contributed by atoms with van der Waals surface area (Å²) in [6.07, 6.45) is -0.381. The number of ether oxygens (including phenoxy) is 3. The highest BCUT2D eigenvalue weighted by Crippen LogP contribution is 2.34. The zero-order valence-corrected chi connectivity index (χ0v) is 12.2. The van der Waals surface area contributed by atoms with Gasteiger partial charge in [-0.3, -0.25) is 0 Å². The van der Waals surface area contributed by atoms with E-state index in [1.807, 2.05) is 18.2 Å². The van der Waals surface area contributed by atoms with Crippen LogP contribution in [0.4, 0.5) is 0 Å². The van der Waals surface area contributed by atoms with Gasteiger partial charge in [-0.1, -0.05) is 6.07 Å². The zero-order chi connectivity index (χ0) is 14.7. The van der Waals surface area contributed by atoms with Crippen LogP contribution in [0.5, 0.6) is 11.5 Å². The largest absolute Gasteiger partial charge is 0.454 e. The van der Waals surface area contributed by atoms with E-state index in [9.17, 15) is 5.11 Å². The lowest BCUT2D eigenvalue weighted by atomic mass is 10.1. The van der Waals surface area contributed by atoms with E-state index >= 15 is 0 Å². The van der Waals surface area contributed by atoms with E-state index in [1.54, 1.807) is 0 Å². The van der Waals surface area contributed by atoms with Gasteiger partial charge < -0.3 is 29.5 Å². The fourth-order valence-electron chi connectivity index (χ4n) is 2.61. The van der Waals surface area contributed by atoms with Gasteiger partial charge in [0.05, 0.1) is 18.8 Å². The van der Waals surface area contributed by atoms with E-state index in [0.29, 0.717) is 12.3 Å². The average molecular weight is 294 g/mol. The van der Waals surface area contributed by atoms with E-state index in [4.69, 9.17) is 14.2 Å². The first-order valence-corrected chi connectivity index (χ1v) is 7.31. The molecule has 1 fully saturated rings. The molecule has 0 saturated carbocycles. The number of aliphatic hydroxyl groups excluding tert-OH is 1. The molecule has 0 aliphatic carbocycles. The highest BCUT2D eigenvalue weighted by molar-refractivity contribution is 5.45. The van der Waals surface area contributed by atoms with Crippen LogP contribution in [0, 0.1) is 0 Å². The van der Waals surface area contributed by atoms with Crippen LogP contribution in [-0.4, -0.2) is 62.7 Å². The average Bonchev–Trinajstić information content (AvgIpc) is 2.94. The van der Waals surface area contributed by atoms with Gasteiger partial charge in [-0.05, 0) is 24.7 Å². The van der Waals surface area contributed by atoms with Crippen LogP contribution >= 0.6 is 0 Å². The van der Waals surface area contributed by atoms with Crippen molar-refractivity contribution >= 4 is 0 Å². The molecule has 1 aromatic carbocycles. The monoisotopic (exact) mass is 294 g/mol. The van der Waals surface area contributed by atoms with Crippen LogP contribution < -0.4 is 14.8 Å². The summed E-state index contributed by atoms with van der Waals surface area (Å²) < 4.78 is 16.3. The molecule has 2 aliphatic heterocycles. The highest BCUT2D eigenvalue weighted by Gasteiger charge is 2.19. The predicted octanol–water partition coefficient (Wildman–Crippen LogP) is 0.369. The normalized spacial score (nSPS) is 23.2. The summed E-state index contributed by atoms with van der Waals surface area (Å²) in [5, 5.41) is 13.5. The molecule has 2 atom stereocenters. The molecule has 0 radical (unpaired) electrons. The van der Waals surface area contributed by atoms with Crippen LogP contribution in [0.25, 0.3) is 0 Å². The molecule has 0 aromatic heterocycles. The third-order valence-corrected chi connectivity index (χ3v) is 3.83. The van der Waals surface area contributed by atoms with Crippen molar-refractivity contribution < 1.29 is 19.3 Å². The van der Waals surface area contributed by atoms with E-state index in [-0.39, 0.29) is 12.9 Å². The van der Waals surface area contributed by atoms with Gasteiger partial charge in [0.25, 0.3) is 0 Å². The number of nitrogens with one attached hydrogen (secondary N) is 1. The molecule has 6 nitrogen and oxygen atoms in total. The lowest BCUT2D eigenvalue weighted by Gasteiger charge is -2.30. The number of hydrogen-bond acceptors (Lipinski definition) is 6. The molecule has 1 aromatic rings. The number of hydrogen-bond donors (Lipinski definition) is 2. The number of rotatable bonds is 5. The van der Waals surface area contributed by atoms with Gasteiger partial charge in [0.2, 0.25) is 6.79 Å². The lowest BCUT2D eigenvalue weighted by molar-refractivity contribution is -0.0191. The van der Waals surface area contributed by atoms with Crippen molar-refractivity contribution in [1.29, 1.82) is 0 Å². The standard InChI is InChI=1S/C15H22N2O4/c1-17-4-5-19-12(9-17)7-16-8-13(18)11-2-3-14-15(6-11)21-10-20-14/h2-3,6,12-13,16,18H,4-5,7-10H2,1H3/t12-,13-/m0/s1. The fourth-order valence-corrected chi connectivity index (χ4v) is 2.61. The van der Waals surface area contributed by atoms with Crippen molar-refractivity contribution in [3.05, 3.63) is 23.8 Å². The molecule has 2 aliphatic rings. The Kier molecular flexibility index (Phi) is 4.60. The van der Waals surface area contributed by atoms with Crippen molar-refractivity contribution in [3.8, 4) is 11.5 Å². The molecule has 2 N–H and O–H groups in total. The van der Waals surface area contributed by atoms with E-state index in [2.05, 4.69) is 17.3 Å². The van der Waals surface area contributed by atoms with Gasteiger partial charge in [-0.25, -0.2) is 0 Å². The molecule has 1 saturated heterocycles. The summed E-state index contributed by atoms with van der Waals surface area (Å²) in [4.78, 5) is 2.25. The SMILES string of the molecule is CN1CCO[C@@H](CNC[C@H](O)c2ccc3c(c2)OCO3)C1. The Bertz CT molecular complexity index is 483. The van der Waals surface area contributed by atoms with Crippen molar-refractivity contribution in [3.63, 3.8) is 0 Å². The van der Waals surface area contributed by atoms with Crippen molar-refractivity contribution in [2.24, 2.45) is 0 Å². The third kappa shape index (κ3) is 3.65. The van der Waals surface area contributed by atoms with Gasteiger partial charge in [0.1, 0.15) is 0 Å². The Labute approximate surface area is 124 Å². The molecule has 0 unspecified atom stereocenters. The minimum absolute atomic E-state index is 0.188. The number of nitrogens with zero attached hydrogens (tertiary/aromatic N) is 1. The van der Waals surface area contributed by atoms with E-state index in [1.165, 1.54) is 0 Å². The smallest absolute Gasteiger partial charge is 0.231 e. The molecule has 0 amide bonds.